The summed E-state index contributed by atoms with van der Waals surface area (Å²) in [6, 6.07) is 3.92. The topological polar surface area (TPSA) is 85.2 Å². The molecule has 0 spiro atoms. The zero-order valence-electron chi connectivity index (χ0n) is 21.7. The molecule has 3 aliphatic rings. The molecule has 1 aliphatic heterocycles. The quantitative estimate of drug-likeness (QED) is 0.327. The van der Waals surface area contributed by atoms with Gasteiger partial charge in [-0.3, -0.25) is 0 Å². The van der Waals surface area contributed by atoms with Gasteiger partial charge >= 0.3 is 5.97 Å². The van der Waals surface area contributed by atoms with Gasteiger partial charge in [0.25, 0.3) is 0 Å². The number of hydrogen-bond donors (Lipinski definition) is 2. The van der Waals surface area contributed by atoms with E-state index in [0.717, 1.165) is 47.3 Å². The first kappa shape index (κ1) is 26.8. The molecule has 0 radical (unpaired) electrons. The molecule has 0 amide bonds. The maximum Gasteiger partial charge on any atom is 0.344 e. The number of aliphatic hydroxyl groups excluding tert-OH is 1. The number of aliphatic hydroxyl groups is 1. The Kier molecular flexibility index (Phi) is 8.95. The SMILES string of the molecule is CCCc1c(OCCCOC2=C(CC)CC(C3=CCC(F)C=C3)C(O)=C2)ccc2c1OC(C(=O)O)CC2. The first-order valence-electron chi connectivity index (χ1n) is 13.4. The minimum absolute atomic E-state index is 0.154. The molecule has 0 saturated carbocycles. The molecule has 2 aliphatic carbocycles. The number of fused-ring (bicyclic) bond motifs is 1. The lowest BCUT2D eigenvalue weighted by atomic mass is 9.82. The number of hydrogen-bond acceptors (Lipinski definition) is 5. The highest BCUT2D eigenvalue weighted by atomic mass is 19.1. The highest BCUT2D eigenvalue weighted by Crippen LogP contribution is 2.39. The molecular weight excluding hydrogens is 475 g/mol. The predicted molar refractivity (Wildman–Crippen MR) is 140 cm³/mol. The molecule has 0 fully saturated rings. The third-order valence-electron chi connectivity index (χ3n) is 7.15. The van der Waals surface area contributed by atoms with Crippen LogP contribution in [0.15, 0.2) is 59.1 Å². The Morgan fingerprint density at radius 3 is 2.73 bits per heavy atom. The number of alkyl halides is 1. The average molecular weight is 513 g/mol. The lowest BCUT2D eigenvalue weighted by Crippen LogP contribution is -2.31. The number of benzene rings is 1. The number of allylic oxidation sites excluding steroid dienone is 6. The van der Waals surface area contributed by atoms with Crippen molar-refractivity contribution < 1.29 is 33.6 Å². The fraction of sp³-hybridized carbons (Fsp3) is 0.500. The van der Waals surface area contributed by atoms with Crippen molar-refractivity contribution in [1.29, 1.82) is 0 Å². The van der Waals surface area contributed by atoms with Crippen LogP contribution in [0, 0.1) is 5.92 Å². The maximum atomic E-state index is 13.4. The van der Waals surface area contributed by atoms with Crippen molar-refractivity contribution in [3.8, 4) is 11.5 Å². The largest absolute Gasteiger partial charge is 0.512 e. The zero-order chi connectivity index (χ0) is 26.4. The Bertz CT molecular complexity index is 1120. The minimum atomic E-state index is -0.950. The number of aliphatic carboxylic acids is 1. The molecule has 0 saturated heterocycles. The first-order chi connectivity index (χ1) is 17.9. The van der Waals surface area contributed by atoms with Crippen molar-refractivity contribution in [2.45, 2.75) is 77.5 Å². The van der Waals surface area contributed by atoms with Gasteiger partial charge in [0.1, 0.15) is 29.2 Å². The smallest absolute Gasteiger partial charge is 0.344 e. The number of carboxylic acids is 1. The summed E-state index contributed by atoms with van der Waals surface area (Å²) >= 11 is 0. The number of halogens is 1. The number of carboxylic acid groups (broad SMARTS) is 1. The van der Waals surface area contributed by atoms with Crippen LogP contribution in [0.4, 0.5) is 4.39 Å². The Balaban J connectivity index is 1.33. The van der Waals surface area contributed by atoms with E-state index >= 15 is 0 Å². The minimum Gasteiger partial charge on any atom is -0.512 e. The van der Waals surface area contributed by atoms with Gasteiger partial charge in [0.05, 0.1) is 13.2 Å². The monoisotopic (exact) mass is 512 g/mol. The highest BCUT2D eigenvalue weighted by Gasteiger charge is 2.29. The van der Waals surface area contributed by atoms with Gasteiger partial charge in [-0.15, -0.1) is 0 Å². The van der Waals surface area contributed by atoms with Crippen LogP contribution in [0.2, 0.25) is 0 Å². The molecule has 1 aromatic carbocycles. The second-order valence-electron chi connectivity index (χ2n) is 9.78. The van der Waals surface area contributed by atoms with Gasteiger partial charge in [-0.1, -0.05) is 44.6 Å². The van der Waals surface area contributed by atoms with E-state index in [9.17, 15) is 19.4 Å². The van der Waals surface area contributed by atoms with Crippen LogP contribution in [-0.2, 0) is 22.4 Å². The van der Waals surface area contributed by atoms with Crippen LogP contribution < -0.4 is 9.47 Å². The van der Waals surface area contributed by atoms with Gasteiger partial charge < -0.3 is 24.4 Å². The second kappa shape index (κ2) is 12.3. The van der Waals surface area contributed by atoms with Crippen LogP contribution >= 0.6 is 0 Å². The fourth-order valence-corrected chi connectivity index (χ4v) is 5.12. The van der Waals surface area contributed by atoms with Crippen molar-refractivity contribution >= 4 is 5.97 Å². The van der Waals surface area contributed by atoms with Gasteiger partial charge in [-0.2, -0.15) is 0 Å². The second-order valence-corrected chi connectivity index (χ2v) is 9.78. The summed E-state index contributed by atoms with van der Waals surface area (Å²) < 4.78 is 31.4. The van der Waals surface area contributed by atoms with Crippen LogP contribution in [-0.4, -0.2) is 41.7 Å². The van der Waals surface area contributed by atoms with E-state index in [-0.39, 0.29) is 11.7 Å². The fourth-order valence-electron chi connectivity index (χ4n) is 5.12. The van der Waals surface area contributed by atoms with Crippen LogP contribution in [0.3, 0.4) is 0 Å². The summed E-state index contributed by atoms with van der Waals surface area (Å²) in [5.41, 5.74) is 4.04. The standard InChI is InChI=1S/C30H37FO6/c1-3-6-23-26(13-9-21-10-14-27(30(33)34)37-29(21)23)35-15-5-16-36-28-18-25(32)24(17-19(28)4-2)20-7-11-22(31)12-8-20/h7-9,11,13,18,22,24,27,32H,3-6,10,12,14-17H2,1-2H3,(H,33,34). The van der Waals surface area contributed by atoms with E-state index in [2.05, 4.69) is 13.8 Å². The third-order valence-corrected chi connectivity index (χ3v) is 7.15. The van der Waals surface area contributed by atoms with Gasteiger partial charge in [-0.25, -0.2) is 9.18 Å². The normalized spacial score (nSPS) is 23.1. The molecule has 0 bridgehead atoms. The molecule has 3 atom stereocenters. The maximum absolute atomic E-state index is 13.4. The predicted octanol–water partition coefficient (Wildman–Crippen LogP) is 6.55. The van der Waals surface area contributed by atoms with Crippen LogP contribution in [0.5, 0.6) is 11.5 Å². The Morgan fingerprint density at radius 2 is 2.03 bits per heavy atom. The van der Waals surface area contributed by atoms with Crippen molar-refractivity contribution in [3.05, 3.63) is 70.2 Å². The highest BCUT2D eigenvalue weighted by molar-refractivity contribution is 5.73. The molecule has 1 heterocycles. The summed E-state index contributed by atoms with van der Waals surface area (Å²) in [5.74, 6) is 1.24. The van der Waals surface area contributed by atoms with E-state index in [1.807, 2.05) is 18.2 Å². The molecule has 2 N–H and O–H groups in total. The van der Waals surface area contributed by atoms with E-state index < -0.39 is 18.2 Å². The van der Waals surface area contributed by atoms with Gasteiger partial charge in [0, 0.05) is 30.4 Å². The number of aryl methyl sites for hydroxylation is 1. The summed E-state index contributed by atoms with van der Waals surface area (Å²) in [7, 11) is 0. The Morgan fingerprint density at radius 1 is 1.22 bits per heavy atom. The van der Waals surface area contributed by atoms with Crippen molar-refractivity contribution in [1.82, 2.24) is 0 Å². The zero-order valence-corrected chi connectivity index (χ0v) is 21.7. The van der Waals surface area contributed by atoms with Crippen molar-refractivity contribution in [2.75, 3.05) is 13.2 Å². The van der Waals surface area contributed by atoms with E-state index in [0.29, 0.717) is 56.8 Å². The molecule has 4 rings (SSSR count). The molecule has 37 heavy (non-hydrogen) atoms. The average Bonchev–Trinajstić information content (AvgIpc) is 2.90. The number of carbonyl (C=O) groups is 1. The van der Waals surface area contributed by atoms with Crippen LogP contribution in [0.25, 0.3) is 0 Å². The molecule has 0 aromatic heterocycles. The van der Waals surface area contributed by atoms with Crippen LogP contribution in [0.1, 0.15) is 63.5 Å². The van der Waals surface area contributed by atoms with Crippen molar-refractivity contribution in [2.24, 2.45) is 5.92 Å². The lowest BCUT2D eigenvalue weighted by molar-refractivity contribution is -0.145. The van der Waals surface area contributed by atoms with E-state index in [1.165, 1.54) is 0 Å². The van der Waals surface area contributed by atoms with E-state index in [1.54, 1.807) is 18.2 Å². The first-order valence-corrected chi connectivity index (χ1v) is 13.4. The van der Waals surface area contributed by atoms with Gasteiger partial charge in [0.15, 0.2) is 6.10 Å². The summed E-state index contributed by atoms with van der Waals surface area (Å²) in [6.07, 6.45) is 10.4. The molecular formula is C30H37FO6. The van der Waals surface area contributed by atoms with E-state index in [4.69, 9.17) is 14.2 Å². The van der Waals surface area contributed by atoms with Gasteiger partial charge in [-0.05, 0) is 54.9 Å². The number of rotatable bonds is 11. The molecule has 6 nitrogen and oxygen atoms in total. The number of ether oxygens (including phenoxy) is 3. The lowest BCUT2D eigenvalue weighted by Gasteiger charge is -2.27. The van der Waals surface area contributed by atoms with Gasteiger partial charge in [0.2, 0.25) is 0 Å². The summed E-state index contributed by atoms with van der Waals surface area (Å²) in [6.45, 7) is 5.02. The third kappa shape index (κ3) is 6.38. The Labute approximate surface area is 218 Å². The molecule has 200 valence electrons. The molecule has 7 heteroatoms. The Hall–Kier alpha value is -3.22. The summed E-state index contributed by atoms with van der Waals surface area (Å²) in [5, 5.41) is 20.1. The van der Waals surface area contributed by atoms with Crippen molar-refractivity contribution in [3.63, 3.8) is 0 Å². The summed E-state index contributed by atoms with van der Waals surface area (Å²) in [4.78, 5) is 11.5. The molecule has 3 unspecified atom stereocenters. The molecule has 1 aromatic rings.